The van der Waals surface area contributed by atoms with Crippen molar-refractivity contribution in [2.45, 2.75) is 99.1 Å². The topological polar surface area (TPSA) is 83.5 Å². The van der Waals surface area contributed by atoms with E-state index in [1.165, 1.54) is 11.4 Å². The van der Waals surface area contributed by atoms with Crippen molar-refractivity contribution in [3.63, 3.8) is 0 Å². The van der Waals surface area contributed by atoms with Crippen molar-refractivity contribution in [3.8, 4) is 0 Å². The van der Waals surface area contributed by atoms with Crippen LogP contribution in [0.2, 0.25) is 12.6 Å². The fourth-order valence-corrected chi connectivity index (χ4v) is 11.8. The van der Waals surface area contributed by atoms with Crippen molar-refractivity contribution in [1.29, 1.82) is 0 Å². The number of hydrogen-bond acceptors (Lipinski definition) is 9. The third-order valence-corrected chi connectivity index (χ3v) is 13.3. The quantitative estimate of drug-likeness (QED) is 0.146. The third kappa shape index (κ3) is 7.11. The molecule has 0 radical (unpaired) electrons. The molecule has 5 aliphatic rings. The number of hydrogen-bond donors (Lipinski definition) is 1. The number of rotatable bonds is 13. The molecular weight excluding hydrogens is 549 g/mol. The highest BCUT2D eigenvalue weighted by molar-refractivity contribution is 8.55. The van der Waals surface area contributed by atoms with E-state index in [1.807, 2.05) is 0 Å². The molecule has 0 aromatic heterocycles. The number of thiocarbonyl (C=S) groups is 2. The summed E-state index contributed by atoms with van der Waals surface area (Å²) in [6.45, 7) is -3.16. The molecule has 2 bridgehead atoms. The molecule has 4 saturated heterocycles. The Morgan fingerprint density at radius 2 is 1.70 bits per heavy atom. The van der Waals surface area contributed by atoms with Crippen molar-refractivity contribution in [3.05, 3.63) is 0 Å². The smallest absolute Gasteiger partial charge is 0.382 e. The molecule has 1 saturated carbocycles. The first-order valence-corrected chi connectivity index (χ1v) is 17.6. The van der Waals surface area contributed by atoms with Gasteiger partial charge >= 0.3 is 6.80 Å². The summed E-state index contributed by atoms with van der Waals surface area (Å²) in [6.07, 6.45) is 8.64. The van der Waals surface area contributed by atoms with Crippen LogP contribution in [0, 0.1) is 11.3 Å². The minimum Gasteiger partial charge on any atom is -0.382 e. The standard InChI is InChI=1S/C24H41B2O7PS3/c1-29-15-19-17(13-20(32-19)25-9-3-11-35)24-7-5-23(6-8-24,16-31-34(27,28)37-24)22-18(30-2)14-21(33-22)26-10-4-12-36/h11-12,17-22,25-26H,3-10,13-16H2,1-2H3,(H,27,28)/t17?,18?,19-,20-,21-,22+,23?,24?/m1/s1. The Morgan fingerprint density at radius 3 is 2.30 bits per heavy atom. The molecule has 7 atom stereocenters. The lowest BCUT2D eigenvalue weighted by Crippen LogP contribution is -2.54. The minimum absolute atomic E-state index is 0.0413. The largest absolute Gasteiger partial charge is 0.387 e. The maximum absolute atomic E-state index is 13.4. The van der Waals surface area contributed by atoms with Gasteiger partial charge in [-0.1, -0.05) is 37.1 Å². The molecule has 5 rings (SSSR count). The van der Waals surface area contributed by atoms with Crippen molar-refractivity contribution in [1.82, 2.24) is 0 Å². The Balaban J connectivity index is 1.54. The second-order valence-electron chi connectivity index (χ2n) is 11.2. The average Bonchev–Trinajstić information content (AvgIpc) is 3.48. The molecule has 13 heteroatoms. The van der Waals surface area contributed by atoms with E-state index in [4.69, 9.17) is 47.9 Å². The van der Waals surface area contributed by atoms with Crippen molar-refractivity contribution in [2.24, 2.45) is 11.3 Å². The van der Waals surface area contributed by atoms with Gasteiger partial charge < -0.3 is 28.4 Å². The zero-order valence-electron chi connectivity index (χ0n) is 22.1. The van der Waals surface area contributed by atoms with E-state index < -0.39 is 11.5 Å². The van der Waals surface area contributed by atoms with Gasteiger partial charge in [-0.25, -0.2) is 4.57 Å². The van der Waals surface area contributed by atoms with E-state index in [-0.39, 0.29) is 48.3 Å². The summed E-state index contributed by atoms with van der Waals surface area (Å²) in [4.78, 5) is 11.0. The van der Waals surface area contributed by atoms with E-state index in [1.54, 1.807) is 25.0 Å². The minimum atomic E-state index is -3.87. The zero-order valence-corrected chi connectivity index (χ0v) is 25.4. The molecular formula is C24H41B2O7PS3. The molecule has 0 amide bonds. The Bertz CT molecular complexity index is 832. The molecule has 37 heavy (non-hydrogen) atoms. The number of fused-ring (bicyclic) bond motifs is 5. The summed E-state index contributed by atoms with van der Waals surface area (Å²) in [7, 11) is 5.33. The van der Waals surface area contributed by atoms with Crippen molar-refractivity contribution < 1.29 is 32.9 Å². The van der Waals surface area contributed by atoms with Gasteiger partial charge in [-0.05, 0) is 73.5 Å². The van der Waals surface area contributed by atoms with E-state index in [0.29, 0.717) is 6.61 Å². The van der Waals surface area contributed by atoms with Crippen LogP contribution in [0.3, 0.4) is 0 Å². The van der Waals surface area contributed by atoms with E-state index in [2.05, 4.69) is 0 Å². The Hall–Kier alpha value is 0.650. The lowest BCUT2D eigenvalue weighted by atomic mass is 9.61. The van der Waals surface area contributed by atoms with E-state index >= 15 is 0 Å². The van der Waals surface area contributed by atoms with E-state index in [0.717, 1.165) is 78.6 Å². The number of ether oxygens (including phenoxy) is 4. The lowest BCUT2D eigenvalue weighted by molar-refractivity contribution is -0.109. The SMILES string of the molecule is COC[C@H]1O[C@@H](BCCC=S)CC1C12CCC([C@H]3O[C@@H](BCCC=S)CC3OC)(CC1)COP(=O)(O)S2. The van der Waals surface area contributed by atoms with Gasteiger partial charge in [0.15, 0.2) is 14.6 Å². The molecule has 0 aromatic carbocycles. The van der Waals surface area contributed by atoms with E-state index in [9.17, 15) is 9.46 Å². The van der Waals surface area contributed by atoms with Crippen molar-refractivity contribution >= 4 is 67.9 Å². The summed E-state index contributed by atoms with van der Waals surface area (Å²) < 4.78 is 43.4. The molecule has 5 fully saturated rings. The molecule has 3 unspecified atom stereocenters. The predicted molar refractivity (Wildman–Crippen MR) is 160 cm³/mol. The van der Waals surface area contributed by atoms with Crippen LogP contribution in [0.4, 0.5) is 0 Å². The van der Waals surface area contributed by atoms with Gasteiger partial charge in [0.25, 0.3) is 0 Å². The third-order valence-electron chi connectivity index (χ3n) is 9.02. The van der Waals surface area contributed by atoms with Gasteiger partial charge in [-0.3, -0.25) is 0 Å². The van der Waals surface area contributed by atoms with Gasteiger partial charge in [0, 0.05) is 42.3 Å². The van der Waals surface area contributed by atoms with Crippen LogP contribution in [-0.2, 0) is 28.0 Å². The lowest BCUT2D eigenvalue weighted by Gasteiger charge is -2.53. The summed E-state index contributed by atoms with van der Waals surface area (Å²) in [6, 6.07) is 0.240. The van der Waals surface area contributed by atoms with Crippen LogP contribution in [0.1, 0.15) is 51.4 Å². The van der Waals surface area contributed by atoms with Gasteiger partial charge in [-0.15, -0.1) is 0 Å². The van der Waals surface area contributed by atoms with Gasteiger partial charge in [0.2, 0.25) is 0 Å². The molecule has 1 aliphatic carbocycles. The highest BCUT2D eigenvalue weighted by Crippen LogP contribution is 2.71. The maximum Gasteiger partial charge on any atom is 0.387 e. The Morgan fingerprint density at radius 1 is 1.05 bits per heavy atom. The van der Waals surface area contributed by atoms with Crippen LogP contribution in [0.25, 0.3) is 0 Å². The zero-order chi connectivity index (χ0) is 26.5. The van der Waals surface area contributed by atoms with Gasteiger partial charge in [0.05, 0.1) is 31.5 Å². The highest BCUT2D eigenvalue weighted by Gasteiger charge is 2.61. The first-order chi connectivity index (χ1) is 17.8. The van der Waals surface area contributed by atoms with Crippen LogP contribution in [-0.4, -0.2) is 92.7 Å². The summed E-state index contributed by atoms with van der Waals surface area (Å²) in [5, 5.41) is 3.56. The molecule has 1 N–H and O–H groups in total. The molecule has 7 nitrogen and oxygen atoms in total. The van der Waals surface area contributed by atoms with Crippen LogP contribution >= 0.6 is 42.6 Å². The van der Waals surface area contributed by atoms with Crippen LogP contribution in [0.15, 0.2) is 0 Å². The second-order valence-corrected chi connectivity index (χ2v) is 16.0. The second kappa shape index (κ2) is 13.5. The fraction of sp³-hybridized carbons (Fsp3) is 0.917. The first kappa shape index (κ1) is 30.6. The van der Waals surface area contributed by atoms with Crippen molar-refractivity contribution in [2.75, 3.05) is 27.4 Å². The molecule has 4 aliphatic heterocycles. The molecule has 4 heterocycles. The van der Waals surface area contributed by atoms with Crippen LogP contribution < -0.4 is 0 Å². The summed E-state index contributed by atoms with van der Waals surface area (Å²) in [5.74, 6) is 0.125. The fourth-order valence-electron chi connectivity index (χ4n) is 7.11. The Labute approximate surface area is 237 Å². The molecule has 0 spiro atoms. The molecule has 0 aromatic rings. The molecule has 208 valence electrons. The Kier molecular flexibility index (Phi) is 11.2. The number of methoxy groups -OCH3 is 2. The maximum atomic E-state index is 13.4. The predicted octanol–water partition coefficient (Wildman–Crippen LogP) is 4.15. The van der Waals surface area contributed by atoms with Gasteiger partial charge in [0.1, 0.15) is 0 Å². The summed E-state index contributed by atoms with van der Waals surface area (Å²) in [5.41, 5.74) is -0.336. The highest BCUT2D eigenvalue weighted by atomic mass is 32.7. The normalized spacial score (nSPS) is 43.8. The first-order valence-electron chi connectivity index (χ1n) is 13.7. The summed E-state index contributed by atoms with van der Waals surface area (Å²) >= 11 is 11.2. The van der Waals surface area contributed by atoms with Gasteiger partial charge in [-0.2, -0.15) is 0 Å². The monoisotopic (exact) mass is 590 g/mol. The van der Waals surface area contributed by atoms with Crippen LogP contribution in [0.5, 0.6) is 0 Å². The average molecular weight is 590 g/mol.